The summed E-state index contributed by atoms with van der Waals surface area (Å²) in [6, 6.07) is 6.24. The Bertz CT molecular complexity index is 864. The Labute approximate surface area is 172 Å². The smallest absolute Gasteiger partial charge is 0.274 e. The van der Waals surface area contributed by atoms with Crippen LogP contribution in [0.25, 0.3) is 0 Å². The van der Waals surface area contributed by atoms with E-state index in [2.05, 4.69) is 10.4 Å². The molecule has 1 fully saturated rings. The molecule has 1 aliphatic carbocycles. The molecule has 1 saturated heterocycles. The SMILES string of the molecule is COc1cc(CN[C@@H]2CCc3c(c(C(=O)N4CCCC4)nn3C)C2)cc(OC)c1. The van der Waals surface area contributed by atoms with Crippen molar-refractivity contribution in [2.75, 3.05) is 27.3 Å². The number of benzene rings is 1. The standard InChI is InChI=1S/C22H30N4O3/c1-25-20-7-6-16(23-14-15-10-17(28-2)13-18(11-15)29-3)12-19(20)21(24-25)22(27)26-8-4-5-9-26/h10-11,13,16,23H,4-9,12,14H2,1-3H3/t16-/m1/s1. The van der Waals surface area contributed by atoms with E-state index in [0.29, 0.717) is 11.7 Å². The van der Waals surface area contributed by atoms with E-state index in [9.17, 15) is 4.79 Å². The number of aromatic nitrogens is 2. The van der Waals surface area contributed by atoms with E-state index >= 15 is 0 Å². The first-order valence-corrected chi connectivity index (χ1v) is 10.4. The average Bonchev–Trinajstić information content (AvgIpc) is 3.40. The van der Waals surface area contributed by atoms with Gasteiger partial charge in [-0.2, -0.15) is 5.10 Å². The van der Waals surface area contributed by atoms with E-state index in [1.54, 1.807) is 14.2 Å². The van der Waals surface area contributed by atoms with Gasteiger partial charge in [0.15, 0.2) is 5.69 Å². The molecule has 1 atom stereocenters. The summed E-state index contributed by atoms with van der Waals surface area (Å²) in [7, 11) is 5.28. The van der Waals surface area contributed by atoms with Crippen LogP contribution in [0.15, 0.2) is 18.2 Å². The average molecular weight is 399 g/mol. The molecule has 2 aliphatic rings. The summed E-state index contributed by atoms with van der Waals surface area (Å²) < 4.78 is 12.6. The molecule has 0 saturated carbocycles. The van der Waals surface area contributed by atoms with Crippen molar-refractivity contribution >= 4 is 5.91 Å². The van der Waals surface area contributed by atoms with Gasteiger partial charge in [0.1, 0.15) is 11.5 Å². The first kappa shape index (κ1) is 19.8. The van der Waals surface area contributed by atoms with Crippen molar-refractivity contribution in [2.45, 2.75) is 44.7 Å². The molecule has 2 heterocycles. The number of methoxy groups -OCH3 is 2. The van der Waals surface area contributed by atoms with Gasteiger partial charge in [0.05, 0.1) is 14.2 Å². The molecule has 0 spiro atoms. The Kier molecular flexibility index (Phi) is 5.76. The van der Waals surface area contributed by atoms with Crippen molar-refractivity contribution in [3.05, 3.63) is 40.7 Å². The zero-order valence-corrected chi connectivity index (χ0v) is 17.5. The number of aryl methyl sites for hydroxylation is 1. The normalized spacial score (nSPS) is 18.6. The molecule has 0 unspecified atom stereocenters. The van der Waals surface area contributed by atoms with Gasteiger partial charge in [-0.25, -0.2) is 0 Å². The van der Waals surface area contributed by atoms with Gasteiger partial charge in [-0.15, -0.1) is 0 Å². The van der Waals surface area contributed by atoms with E-state index in [0.717, 1.165) is 74.4 Å². The van der Waals surface area contributed by atoms with E-state index in [1.165, 1.54) is 5.69 Å². The van der Waals surface area contributed by atoms with Crippen LogP contribution >= 0.6 is 0 Å². The summed E-state index contributed by atoms with van der Waals surface area (Å²) in [5, 5.41) is 8.25. The molecular weight excluding hydrogens is 368 g/mol. The fourth-order valence-corrected chi connectivity index (χ4v) is 4.44. The molecule has 29 heavy (non-hydrogen) atoms. The molecule has 7 heteroatoms. The lowest BCUT2D eigenvalue weighted by Gasteiger charge is -2.25. The number of likely N-dealkylation sites (tertiary alicyclic amines) is 1. The number of carbonyl (C=O) groups excluding carboxylic acids is 1. The molecule has 1 aromatic heterocycles. The number of hydrogen-bond donors (Lipinski definition) is 1. The zero-order chi connectivity index (χ0) is 20.4. The van der Waals surface area contributed by atoms with Crippen LogP contribution in [0.4, 0.5) is 0 Å². The first-order valence-electron chi connectivity index (χ1n) is 10.4. The largest absolute Gasteiger partial charge is 0.497 e. The summed E-state index contributed by atoms with van der Waals surface area (Å²) in [4.78, 5) is 14.9. The van der Waals surface area contributed by atoms with Gasteiger partial charge >= 0.3 is 0 Å². The molecule has 4 rings (SSSR count). The molecule has 0 bridgehead atoms. The topological polar surface area (TPSA) is 68.6 Å². The Morgan fingerprint density at radius 2 is 1.86 bits per heavy atom. The van der Waals surface area contributed by atoms with Crippen LogP contribution in [-0.4, -0.2) is 53.9 Å². The van der Waals surface area contributed by atoms with Crippen molar-refractivity contribution in [1.82, 2.24) is 20.0 Å². The number of nitrogens with one attached hydrogen (secondary N) is 1. The summed E-state index contributed by atoms with van der Waals surface area (Å²) in [5.74, 6) is 1.67. The molecule has 7 nitrogen and oxygen atoms in total. The summed E-state index contributed by atoms with van der Waals surface area (Å²) in [6.07, 6.45) is 4.99. The minimum atomic E-state index is 0.0949. The number of rotatable bonds is 6. The third-order valence-electron chi connectivity index (χ3n) is 6.06. The van der Waals surface area contributed by atoms with Gasteiger partial charge in [-0.3, -0.25) is 9.48 Å². The molecule has 1 amide bonds. The van der Waals surface area contributed by atoms with Crippen LogP contribution in [0.3, 0.4) is 0 Å². The van der Waals surface area contributed by atoms with E-state index < -0.39 is 0 Å². The lowest BCUT2D eigenvalue weighted by molar-refractivity contribution is 0.0785. The van der Waals surface area contributed by atoms with Crippen LogP contribution in [-0.2, 0) is 26.4 Å². The second-order valence-corrected chi connectivity index (χ2v) is 7.94. The number of carbonyl (C=O) groups is 1. The van der Waals surface area contributed by atoms with Crippen molar-refractivity contribution in [1.29, 1.82) is 0 Å². The van der Waals surface area contributed by atoms with Crippen LogP contribution in [0.2, 0.25) is 0 Å². The minimum Gasteiger partial charge on any atom is -0.497 e. The van der Waals surface area contributed by atoms with Gasteiger partial charge in [-0.05, 0) is 49.8 Å². The van der Waals surface area contributed by atoms with E-state index in [1.807, 2.05) is 34.8 Å². The number of hydrogen-bond acceptors (Lipinski definition) is 5. The van der Waals surface area contributed by atoms with Crippen molar-refractivity contribution in [3.8, 4) is 11.5 Å². The Morgan fingerprint density at radius 1 is 1.17 bits per heavy atom. The Morgan fingerprint density at radius 3 is 2.52 bits per heavy atom. The van der Waals surface area contributed by atoms with Crippen LogP contribution in [0.5, 0.6) is 11.5 Å². The molecular formula is C22H30N4O3. The van der Waals surface area contributed by atoms with Gasteiger partial charge < -0.3 is 19.7 Å². The van der Waals surface area contributed by atoms with Crippen molar-refractivity contribution in [2.24, 2.45) is 7.05 Å². The van der Waals surface area contributed by atoms with E-state index in [4.69, 9.17) is 9.47 Å². The molecule has 156 valence electrons. The number of fused-ring (bicyclic) bond motifs is 1. The third-order valence-corrected chi connectivity index (χ3v) is 6.06. The minimum absolute atomic E-state index is 0.0949. The fraction of sp³-hybridized carbons (Fsp3) is 0.545. The molecule has 2 aromatic rings. The summed E-state index contributed by atoms with van der Waals surface area (Å²) in [5.41, 5.74) is 4.09. The number of nitrogens with zero attached hydrogens (tertiary/aromatic N) is 3. The maximum absolute atomic E-state index is 13.0. The highest BCUT2D eigenvalue weighted by molar-refractivity contribution is 5.94. The van der Waals surface area contributed by atoms with E-state index in [-0.39, 0.29) is 5.91 Å². The highest BCUT2D eigenvalue weighted by Gasteiger charge is 2.31. The molecule has 0 radical (unpaired) electrons. The monoisotopic (exact) mass is 398 g/mol. The molecule has 1 N–H and O–H groups in total. The quantitative estimate of drug-likeness (QED) is 0.809. The van der Waals surface area contributed by atoms with Gasteiger partial charge in [0.2, 0.25) is 0 Å². The molecule has 1 aliphatic heterocycles. The Balaban J connectivity index is 1.47. The highest BCUT2D eigenvalue weighted by atomic mass is 16.5. The third kappa shape index (κ3) is 4.10. The van der Waals surface area contributed by atoms with Gasteiger partial charge in [0, 0.05) is 50.0 Å². The molecule has 1 aromatic carbocycles. The maximum atomic E-state index is 13.0. The van der Waals surface area contributed by atoms with Crippen LogP contribution in [0, 0.1) is 0 Å². The maximum Gasteiger partial charge on any atom is 0.274 e. The first-order chi connectivity index (χ1) is 14.1. The lowest BCUT2D eigenvalue weighted by Crippen LogP contribution is -2.35. The predicted molar refractivity (Wildman–Crippen MR) is 111 cm³/mol. The Hall–Kier alpha value is -2.54. The van der Waals surface area contributed by atoms with Gasteiger partial charge in [-0.1, -0.05) is 0 Å². The number of ether oxygens (including phenoxy) is 2. The fourth-order valence-electron chi connectivity index (χ4n) is 4.44. The summed E-state index contributed by atoms with van der Waals surface area (Å²) in [6.45, 7) is 2.43. The van der Waals surface area contributed by atoms with Crippen LogP contribution < -0.4 is 14.8 Å². The number of amides is 1. The van der Waals surface area contributed by atoms with Crippen molar-refractivity contribution < 1.29 is 14.3 Å². The van der Waals surface area contributed by atoms with Gasteiger partial charge in [0.25, 0.3) is 5.91 Å². The highest BCUT2D eigenvalue weighted by Crippen LogP contribution is 2.27. The van der Waals surface area contributed by atoms with Crippen LogP contribution in [0.1, 0.15) is 46.6 Å². The van der Waals surface area contributed by atoms with Crippen molar-refractivity contribution in [3.63, 3.8) is 0 Å². The zero-order valence-electron chi connectivity index (χ0n) is 17.5. The predicted octanol–water partition coefficient (Wildman–Crippen LogP) is 2.32. The second kappa shape index (κ2) is 8.45. The lowest BCUT2D eigenvalue weighted by atomic mass is 9.91. The second-order valence-electron chi connectivity index (χ2n) is 7.94. The summed E-state index contributed by atoms with van der Waals surface area (Å²) >= 11 is 0.